The van der Waals surface area contributed by atoms with Crippen LogP contribution in [-0.2, 0) is 20.8 Å². The fourth-order valence-corrected chi connectivity index (χ4v) is 2.06. The highest BCUT2D eigenvalue weighted by atomic mass is 16.6. The number of carbonyl (C=O) groups is 1. The van der Waals surface area contributed by atoms with Gasteiger partial charge in [0.25, 0.3) is 0 Å². The summed E-state index contributed by atoms with van der Waals surface area (Å²) in [5.74, 6) is 5.41. The maximum atomic E-state index is 11.4. The Bertz CT molecular complexity index is 522. The monoisotopic (exact) mass is 289 g/mol. The molecule has 2 rings (SSSR count). The lowest BCUT2D eigenvalue weighted by molar-refractivity contribution is -0.154. The number of rotatable bonds is 6. The quantitative estimate of drug-likeness (QED) is 0.640. The van der Waals surface area contributed by atoms with Gasteiger partial charge in [-0.1, -0.05) is 30.4 Å². The van der Waals surface area contributed by atoms with Crippen LogP contribution in [0.3, 0.4) is 0 Å². The van der Waals surface area contributed by atoms with Gasteiger partial charge in [0.2, 0.25) is 0 Å². The molecule has 0 aromatic heterocycles. The van der Waals surface area contributed by atoms with Crippen molar-refractivity contribution in [3.63, 3.8) is 0 Å². The van der Waals surface area contributed by atoms with E-state index in [2.05, 4.69) is 15.7 Å². The minimum Gasteiger partial charge on any atom is -0.486 e. The second kappa shape index (κ2) is 7.61. The number of carbonyl (C=O) groups excluding carboxylic acids is 1. The zero-order valence-electron chi connectivity index (χ0n) is 11.9. The first-order valence-electron chi connectivity index (χ1n) is 6.75. The molecule has 1 aliphatic carbocycles. The van der Waals surface area contributed by atoms with E-state index in [0.717, 1.165) is 17.7 Å². The van der Waals surface area contributed by atoms with Gasteiger partial charge in [0.05, 0.1) is 7.11 Å². The fraction of sp³-hybridized carbons (Fsp3) is 0.312. The number of esters is 1. The molecule has 0 saturated carbocycles. The molecule has 0 amide bonds. The van der Waals surface area contributed by atoms with Crippen molar-refractivity contribution >= 4 is 5.97 Å². The number of allylic oxidation sites excluding steroid dienone is 2. The van der Waals surface area contributed by atoms with Crippen LogP contribution in [-0.4, -0.2) is 25.3 Å². The summed E-state index contributed by atoms with van der Waals surface area (Å²) in [6.07, 6.45) is 8.55. The normalized spacial score (nSPS) is 18.3. The molecule has 1 aliphatic rings. The average molecular weight is 289 g/mol. The molecular formula is C16H19NO4. The number of methoxy groups -OCH3 is 1. The standard InChI is InChI=1S/C16H19NO4/c1-19-16(18)15(21-17)11-12-7-9-14(10-8-12)20-13-5-3-2-4-6-13/h2-5,7-10,13,15H,6,11,17H2,1H3. The molecule has 1 aromatic rings. The van der Waals surface area contributed by atoms with Gasteiger partial charge >= 0.3 is 5.97 Å². The van der Waals surface area contributed by atoms with Gasteiger partial charge in [-0.3, -0.25) is 4.84 Å². The molecule has 1 aromatic carbocycles. The molecule has 0 saturated heterocycles. The lowest BCUT2D eigenvalue weighted by atomic mass is 10.1. The van der Waals surface area contributed by atoms with Crippen LogP contribution in [0.15, 0.2) is 48.6 Å². The number of benzene rings is 1. The van der Waals surface area contributed by atoms with Crippen LogP contribution in [0.25, 0.3) is 0 Å². The second-order valence-electron chi connectivity index (χ2n) is 4.70. The van der Waals surface area contributed by atoms with Crippen LogP contribution >= 0.6 is 0 Å². The second-order valence-corrected chi connectivity index (χ2v) is 4.70. The summed E-state index contributed by atoms with van der Waals surface area (Å²) in [7, 11) is 1.30. The Balaban J connectivity index is 1.93. The van der Waals surface area contributed by atoms with E-state index in [4.69, 9.17) is 10.6 Å². The third-order valence-electron chi connectivity index (χ3n) is 3.20. The Kier molecular flexibility index (Phi) is 5.54. The molecule has 2 unspecified atom stereocenters. The summed E-state index contributed by atoms with van der Waals surface area (Å²) in [6.45, 7) is 0. The molecule has 0 heterocycles. The molecule has 2 N–H and O–H groups in total. The van der Waals surface area contributed by atoms with Crippen LogP contribution < -0.4 is 10.6 Å². The Labute approximate surface area is 123 Å². The van der Waals surface area contributed by atoms with Gasteiger partial charge in [0.1, 0.15) is 11.9 Å². The van der Waals surface area contributed by atoms with E-state index in [1.165, 1.54) is 7.11 Å². The molecule has 2 atom stereocenters. The summed E-state index contributed by atoms with van der Waals surface area (Å²) in [5, 5.41) is 0. The summed E-state index contributed by atoms with van der Waals surface area (Å²) in [5.41, 5.74) is 0.919. The van der Waals surface area contributed by atoms with Crippen molar-refractivity contribution in [2.24, 2.45) is 5.90 Å². The maximum Gasteiger partial charge on any atom is 0.337 e. The fourth-order valence-electron chi connectivity index (χ4n) is 2.06. The van der Waals surface area contributed by atoms with E-state index in [1.54, 1.807) is 0 Å². The average Bonchev–Trinajstić information content (AvgIpc) is 2.54. The third-order valence-corrected chi connectivity index (χ3v) is 3.20. The van der Waals surface area contributed by atoms with Gasteiger partial charge in [-0.25, -0.2) is 10.7 Å². The van der Waals surface area contributed by atoms with E-state index in [-0.39, 0.29) is 6.10 Å². The predicted octanol–water partition coefficient (Wildman–Crippen LogP) is 1.92. The van der Waals surface area contributed by atoms with Crippen molar-refractivity contribution < 1.29 is 19.1 Å². The summed E-state index contributed by atoms with van der Waals surface area (Å²) >= 11 is 0. The first-order valence-corrected chi connectivity index (χ1v) is 6.75. The topological polar surface area (TPSA) is 70.8 Å². The van der Waals surface area contributed by atoms with Crippen LogP contribution in [0, 0.1) is 0 Å². The molecule has 112 valence electrons. The zero-order valence-corrected chi connectivity index (χ0v) is 11.9. The SMILES string of the molecule is COC(=O)C(Cc1ccc(OC2C=CC=CC2)cc1)ON. The van der Waals surface area contributed by atoms with Crippen LogP contribution in [0.2, 0.25) is 0 Å². The molecule has 0 aliphatic heterocycles. The largest absolute Gasteiger partial charge is 0.486 e. The summed E-state index contributed by atoms with van der Waals surface area (Å²) < 4.78 is 10.4. The van der Waals surface area contributed by atoms with E-state index >= 15 is 0 Å². The Morgan fingerprint density at radius 1 is 1.33 bits per heavy atom. The number of hydrogen-bond donors (Lipinski definition) is 1. The van der Waals surface area contributed by atoms with Crippen LogP contribution in [0.5, 0.6) is 5.75 Å². The van der Waals surface area contributed by atoms with Gasteiger partial charge in [-0.15, -0.1) is 0 Å². The van der Waals surface area contributed by atoms with Crippen molar-refractivity contribution in [1.29, 1.82) is 0 Å². The molecule has 5 heteroatoms. The molecule has 0 bridgehead atoms. The third kappa shape index (κ3) is 4.44. The summed E-state index contributed by atoms with van der Waals surface area (Å²) in [6, 6.07) is 7.50. The summed E-state index contributed by atoms with van der Waals surface area (Å²) in [4.78, 5) is 16.0. The van der Waals surface area contributed by atoms with Gasteiger partial charge in [0, 0.05) is 12.8 Å². The number of nitrogens with two attached hydrogens (primary N) is 1. The molecule has 0 radical (unpaired) electrons. The molecular weight excluding hydrogens is 270 g/mol. The smallest absolute Gasteiger partial charge is 0.337 e. The van der Waals surface area contributed by atoms with Crippen molar-refractivity contribution in [1.82, 2.24) is 0 Å². The van der Waals surface area contributed by atoms with Gasteiger partial charge < -0.3 is 9.47 Å². The lowest BCUT2D eigenvalue weighted by Crippen LogP contribution is -2.30. The highest BCUT2D eigenvalue weighted by Gasteiger charge is 2.19. The minimum atomic E-state index is -0.798. The van der Waals surface area contributed by atoms with Crippen molar-refractivity contribution in [3.8, 4) is 5.75 Å². The van der Waals surface area contributed by atoms with E-state index in [9.17, 15) is 4.79 Å². The maximum absolute atomic E-state index is 11.4. The first kappa shape index (κ1) is 15.3. The van der Waals surface area contributed by atoms with E-state index < -0.39 is 12.1 Å². The van der Waals surface area contributed by atoms with Crippen molar-refractivity contribution in [3.05, 3.63) is 54.1 Å². The first-order chi connectivity index (χ1) is 10.2. The van der Waals surface area contributed by atoms with Gasteiger partial charge in [-0.2, -0.15) is 0 Å². The Hall–Kier alpha value is -2.11. The van der Waals surface area contributed by atoms with Crippen LogP contribution in [0.4, 0.5) is 0 Å². The lowest BCUT2D eigenvalue weighted by Gasteiger charge is -2.16. The highest BCUT2D eigenvalue weighted by molar-refractivity contribution is 5.74. The van der Waals surface area contributed by atoms with Crippen LogP contribution in [0.1, 0.15) is 12.0 Å². The van der Waals surface area contributed by atoms with Crippen molar-refractivity contribution in [2.75, 3.05) is 7.11 Å². The highest BCUT2D eigenvalue weighted by Crippen LogP contribution is 2.18. The number of ether oxygens (including phenoxy) is 2. The molecule has 0 fully saturated rings. The molecule has 0 spiro atoms. The number of hydrogen-bond acceptors (Lipinski definition) is 5. The van der Waals surface area contributed by atoms with Crippen molar-refractivity contribution in [2.45, 2.75) is 25.0 Å². The van der Waals surface area contributed by atoms with E-state index in [0.29, 0.717) is 6.42 Å². The zero-order chi connectivity index (χ0) is 15.1. The Morgan fingerprint density at radius 3 is 2.67 bits per heavy atom. The van der Waals surface area contributed by atoms with E-state index in [1.807, 2.05) is 42.5 Å². The Morgan fingerprint density at radius 2 is 2.10 bits per heavy atom. The van der Waals surface area contributed by atoms with Gasteiger partial charge in [0.15, 0.2) is 6.10 Å². The molecule has 21 heavy (non-hydrogen) atoms. The van der Waals surface area contributed by atoms with Gasteiger partial charge in [-0.05, 0) is 23.8 Å². The molecule has 5 nitrogen and oxygen atoms in total. The predicted molar refractivity (Wildman–Crippen MR) is 78.5 cm³/mol. The minimum absolute atomic E-state index is 0.0658.